The van der Waals surface area contributed by atoms with E-state index < -0.39 is 0 Å². The van der Waals surface area contributed by atoms with Gasteiger partial charge in [0, 0.05) is 24.5 Å². The molecule has 132 valence electrons. The van der Waals surface area contributed by atoms with Crippen LogP contribution in [0.25, 0.3) is 0 Å². The van der Waals surface area contributed by atoms with Gasteiger partial charge in [0.15, 0.2) is 0 Å². The van der Waals surface area contributed by atoms with Gasteiger partial charge in [-0.1, -0.05) is 12.1 Å². The first-order chi connectivity index (χ1) is 11.1. The maximum absolute atomic E-state index is 12.3. The summed E-state index contributed by atoms with van der Waals surface area (Å²) in [4.78, 5) is 38.0. The molecule has 1 rings (SSSR count). The third kappa shape index (κ3) is 7.04. The third-order valence-electron chi connectivity index (χ3n) is 2.91. The van der Waals surface area contributed by atoms with Gasteiger partial charge in [0.1, 0.15) is 0 Å². The van der Waals surface area contributed by atoms with Crippen molar-refractivity contribution in [3.05, 3.63) is 29.8 Å². The van der Waals surface area contributed by atoms with Crippen LogP contribution < -0.4 is 10.6 Å². The highest BCUT2D eigenvalue weighted by Gasteiger charge is 2.16. The van der Waals surface area contributed by atoms with Crippen LogP contribution in [-0.4, -0.2) is 54.6 Å². The van der Waals surface area contributed by atoms with Gasteiger partial charge >= 0.3 is 0 Å². The van der Waals surface area contributed by atoms with Crippen molar-refractivity contribution in [2.24, 2.45) is 0 Å². The van der Waals surface area contributed by atoms with Crippen molar-refractivity contribution in [2.75, 3.05) is 26.4 Å². The van der Waals surface area contributed by atoms with Gasteiger partial charge in [-0.2, -0.15) is 0 Å². The molecule has 6 nitrogen and oxygen atoms in total. The van der Waals surface area contributed by atoms with E-state index in [1.54, 1.807) is 32.3 Å². The molecule has 7 heteroatoms. The number of hydrogen-bond acceptors (Lipinski definition) is 4. The lowest BCUT2D eigenvalue weighted by Crippen LogP contribution is -2.45. The van der Waals surface area contributed by atoms with E-state index in [1.165, 1.54) is 16.7 Å². The predicted molar refractivity (Wildman–Crippen MR) is 96.1 cm³/mol. The Kier molecular flexibility index (Phi) is 7.28. The molecular weight excluding hydrogens is 326 g/mol. The zero-order chi connectivity index (χ0) is 18.3. The van der Waals surface area contributed by atoms with Crippen LogP contribution in [0.1, 0.15) is 31.1 Å². The molecule has 0 saturated carbocycles. The van der Waals surface area contributed by atoms with Crippen LogP contribution in [0.4, 0.5) is 0 Å². The molecule has 24 heavy (non-hydrogen) atoms. The van der Waals surface area contributed by atoms with Crippen LogP contribution in [-0.2, 0) is 9.59 Å². The minimum Gasteiger partial charge on any atom is -0.350 e. The quantitative estimate of drug-likeness (QED) is 0.762. The van der Waals surface area contributed by atoms with Crippen LogP contribution >= 0.6 is 11.8 Å². The lowest BCUT2D eigenvalue weighted by molar-refractivity contribution is -0.126. The summed E-state index contributed by atoms with van der Waals surface area (Å²) in [7, 11) is 3.38. The zero-order valence-corrected chi connectivity index (χ0v) is 15.6. The van der Waals surface area contributed by atoms with E-state index in [0.717, 1.165) is 0 Å². The van der Waals surface area contributed by atoms with Crippen LogP contribution in [0.5, 0.6) is 0 Å². The second-order valence-electron chi connectivity index (χ2n) is 6.55. The summed E-state index contributed by atoms with van der Waals surface area (Å²) in [6, 6.07) is 7.03. The summed E-state index contributed by atoms with van der Waals surface area (Å²) in [6.07, 6.45) is 0. The molecule has 0 heterocycles. The molecule has 0 aliphatic rings. The van der Waals surface area contributed by atoms with Gasteiger partial charge < -0.3 is 15.5 Å². The molecule has 2 N–H and O–H groups in total. The fourth-order valence-electron chi connectivity index (χ4n) is 1.77. The summed E-state index contributed by atoms with van der Waals surface area (Å²) in [6.45, 7) is 5.53. The number of carbonyl (C=O) groups is 3. The topological polar surface area (TPSA) is 78.5 Å². The summed E-state index contributed by atoms with van der Waals surface area (Å²) >= 11 is 1.30. The van der Waals surface area contributed by atoms with E-state index in [4.69, 9.17) is 0 Å². The van der Waals surface area contributed by atoms with Gasteiger partial charge in [-0.25, -0.2) is 0 Å². The number of carbonyl (C=O) groups excluding carboxylic acids is 3. The number of hydrogen-bond donors (Lipinski definition) is 2. The fraction of sp³-hybridized carbons (Fsp3) is 0.471. The van der Waals surface area contributed by atoms with E-state index in [9.17, 15) is 14.4 Å². The summed E-state index contributed by atoms with van der Waals surface area (Å²) < 4.78 is 0. The van der Waals surface area contributed by atoms with E-state index in [2.05, 4.69) is 10.6 Å². The first-order valence-electron chi connectivity index (χ1n) is 7.61. The molecule has 1 aromatic carbocycles. The maximum Gasteiger partial charge on any atom is 0.252 e. The Morgan fingerprint density at radius 2 is 1.75 bits per heavy atom. The van der Waals surface area contributed by atoms with Gasteiger partial charge in [0.25, 0.3) is 5.91 Å². The molecule has 0 aromatic heterocycles. The summed E-state index contributed by atoms with van der Waals surface area (Å²) in [5.41, 5.74) is 0.111. The Labute approximate surface area is 147 Å². The van der Waals surface area contributed by atoms with Crippen LogP contribution in [0.15, 0.2) is 29.2 Å². The molecule has 0 aliphatic carbocycles. The predicted octanol–water partition coefficient (Wildman–Crippen LogP) is 1.51. The van der Waals surface area contributed by atoms with E-state index >= 15 is 0 Å². The van der Waals surface area contributed by atoms with Crippen molar-refractivity contribution < 1.29 is 14.4 Å². The first kappa shape index (κ1) is 20.0. The Bertz CT molecular complexity index is 609. The SMILES string of the molecule is CN(C)C(=O)CSc1ccccc1C(=O)NCC(=O)NC(C)(C)C. The minimum absolute atomic E-state index is 0.0280. The lowest BCUT2D eigenvalue weighted by Gasteiger charge is -2.20. The van der Waals surface area contributed by atoms with Gasteiger partial charge in [-0.15, -0.1) is 11.8 Å². The highest BCUT2D eigenvalue weighted by molar-refractivity contribution is 8.00. The Balaban J connectivity index is 2.67. The molecule has 3 amide bonds. The zero-order valence-electron chi connectivity index (χ0n) is 14.8. The van der Waals surface area contributed by atoms with Crippen molar-refractivity contribution in [1.82, 2.24) is 15.5 Å². The summed E-state index contributed by atoms with van der Waals surface area (Å²) in [5.74, 6) is -0.357. The Morgan fingerprint density at radius 3 is 2.33 bits per heavy atom. The van der Waals surface area contributed by atoms with Gasteiger partial charge in [0.05, 0.1) is 17.9 Å². The van der Waals surface area contributed by atoms with E-state index in [0.29, 0.717) is 10.5 Å². The number of nitrogens with one attached hydrogen (secondary N) is 2. The molecule has 0 radical (unpaired) electrons. The molecule has 0 fully saturated rings. The van der Waals surface area contributed by atoms with Crippen molar-refractivity contribution in [1.29, 1.82) is 0 Å². The number of amides is 3. The highest BCUT2D eigenvalue weighted by atomic mass is 32.2. The number of thioether (sulfide) groups is 1. The largest absolute Gasteiger partial charge is 0.350 e. The fourth-order valence-corrected chi connectivity index (χ4v) is 2.80. The molecule has 1 aromatic rings. The molecule has 0 aliphatic heterocycles. The third-order valence-corrected chi connectivity index (χ3v) is 3.96. The van der Waals surface area contributed by atoms with Crippen molar-refractivity contribution in [3.8, 4) is 0 Å². The van der Waals surface area contributed by atoms with Crippen molar-refractivity contribution in [3.63, 3.8) is 0 Å². The standard InChI is InChI=1S/C17H25N3O3S/c1-17(2,3)19-14(21)10-18-16(23)12-8-6-7-9-13(12)24-11-15(22)20(4)5/h6-9H,10-11H2,1-5H3,(H,18,23)(H,19,21). The molecule has 0 unspecified atom stereocenters. The Morgan fingerprint density at radius 1 is 1.12 bits per heavy atom. The number of rotatable bonds is 6. The summed E-state index contributed by atoms with van der Waals surface area (Å²) in [5, 5.41) is 5.40. The lowest BCUT2D eigenvalue weighted by atomic mass is 10.1. The smallest absolute Gasteiger partial charge is 0.252 e. The molecule has 0 atom stereocenters. The van der Waals surface area contributed by atoms with Crippen molar-refractivity contribution >= 4 is 29.5 Å². The normalized spacial score (nSPS) is 10.9. The Hall–Kier alpha value is -2.02. The molecule has 0 spiro atoms. The van der Waals surface area contributed by atoms with E-state index in [1.807, 2.05) is 26.8 Å². The molecule has 0 bridgehead atoms. The van der Waals surface area contributed by atoms with Crippen LogP contribution in [0.3, 0.4) is 0 Å². The minimum atomic E-state index is -0.345. The van der Waals surface area contributed by atoms with Gasteiger partial charge in [0.2, 0.25) is 11.8 Å². The average molecular weight is 351 g/mol. The van der Waals surface area contributed by atoms with Gasteiger partial charge in [-0.05, 0) is 32.9 Å². The van der Waals surface area contributed by atoms with Gasteiger partial charge in [-0.3, -0.25) is 14.4 Å². The van der Waals surface area contributed by atoms with Crippen LogP contribution in [0.2, 0.25) is 0 Å². The second kappa shape index (κ2) is 8.73. The molecular formula is C17H25N3O3S. The van der Waals surface area contributed by atoms with Crippen molar-refractivity contribution in [2.45, 2.75) is 31.2 Å². The number of benzene rings is 1. The molecule has 0 saturated heterocycles. The monoisotopic (exact) mass is 351 g/mol. The maximum atomic E-state index is 12.3. The second-order valence-corrected chi connectivity index (χ2v) is 7.57. The first-order valence-corrected chi connectivity index (χ1v) is 8.60. The highest BCUT2D eigenvalue weighted by Crippen LogP contribution is 2.22. The average Bonchev–Trinajstić information content (AvgIpc) is 2.48. The van der Waals surface area contributed by atoms with E-state index in [-0.39, 0.29) is 35.6 Å². The van der Waals surface area contributed by atoms with Crippen LogP contribution in [0, 0.1) is 0 Å². The number of nitrogens with zero attached hydrogens (tertiary/aromatic N) is 1.